The first-order chi connectivity index (χ1) is 18.8. The van der Waals surface area contributed by atoms with Crippen LogP contribution in [0.15, 0.2) is 48.9 Å². The van der Waals surface area contributed by atoms with Crippen LogP contribution in [0, 0.1) is 11.3 Å². The number of aliphatic hydroxyl groups excluding tert-OH is 1. The highest BCUT2D eigenvalue weighted by Crippen LogP contribution is 2.38. The Morgan fingerprint density at radius 3 is 2.59 bits per heavy atom. The molecule has 1 amide bonds. The number of carbonyl (C=O) groups is 1. The van der Waals surface area contributed by atoms with Gasteiger partial charge in [0.15, 0.2) is 0 Å². The lowest BCUT2D eigenvalue weighted by Gasteiger charge is -2.40. The van der Waals surface area contributed by atoms with Gasteiger partial charge in [0.05, 0.1) is 41.8 Å². The molecule has 204 valence electrons. The highest BCUT2D eigenvalue weighted by atomic mass is 32.2. The smallest absolute Gasteiger partial charge is 0.251 e. The molecule has 13 heteroatoms. The van der Waals surface area contributed by atoms with Crippen molar-refractivity contribution in [3.8, 4) is 17.3 Å². The molecular weight excluding hydrogens is 520 g/mol. The van der Waals surface area contributed by atoms with E-state index in [0.29, 0.717) is 48.8 Å². The molecule has 39 heavy (non-hydrogen) atoms. The summed E-state index contributed by atoms with van der Waals surface area (Å²) < 4.78 is 28.7. The highest BCUT2D eigenvalue weighted by Gasteiger charge is 2.45. The average molecular weight is 551 g/mol. The Morgan fingerprint density at radius 1 is 1.18 bits per heavy atom. The van der Waals surface area contributed by atoms with E-state index in [1.54, 1.807) is 51.7 Å². The van der Waals surface area contributed by atoms with Gasteiger partial charge in [0, 0.05) is 48.8 Å². The first-order valence-corrected chi connectivity index (χ1v) is 14.4. The maximum atomic E-state index is 12.7. The molecule has 0 atom stereocenters. The fourth-order valence-electron chi connectivity index (χ4n) is 4.77. The zero-order valence-electron chi connectivity index (χ0n) is 21.3. The van der Waals surface area contributed by atoms with E-state index in [1.807, 2.05) is 6.20 Å². The second-order valence-electron chi connectivity index (χ2n) is 9.82. The van der Waals surface area contributed by atoms with Gasteiger partial charge in [-0.25, -0.2) is 22.7 Å². The van der Waals surface area contributed by atoms with Crippen molar-refractivity contribution in [1.82, 2.24) is 29.4 Å². The van der Waals surface area contributed by atoms with E-state index in [2.05, 4.69) is 31.8 Å². The number of sulfonamides is 1. The topological polar surface area (TPSA) is 166 Å². The van der Waals surface area contributed by atoms with Gasteiger partial charge in [-0.15, -0.1) is 0 Å². The van der Waals surface area contributed by atoms with Crippen molar-refractivity contribution < 1.29 is 18.3 Å². The number of hydrogen-bond acceptors (Lipinski definition) is 9. The Balaban J connectivity index is 1.29. The summed E-state index contributed by atoms with van der Waals surface area (Å²) in [6.07, 6.45) is 7.90. The second kappa shape index (κ2) is 11.1. The number of nitrogens with one attached hydrogen (secondary N) is 2. The quantitative estimate of drug-likeness (QED) is 0.342. The normalized spacial score (nSPS) is 17.3. The van der Waals surface area contributed by atoms with E-state index in [4.69, 9.17) is 5.11 Å². The molecule has 1 aliphatic carbocycles. The molecule has 0 bridgehead atoms. The Hall–Kier alpha value is -3.86. The van der Waals surface area contributed by atoms with Gasteiger partial charge in [-0.2, -0.15) is 10.4 Å². The lowest BCUT2D eigenvalue weighted by Crippen LogP contribution is -2.48. The lowest BCUT2D eigenvalue weighted by atomic mass is 9.85. The van der Waals surface area contributed by atoms with Crippen LogP contribution in [0.2, 0.25) is 0 Å². The molecule has 0 radical (unpaired) electrons. The lowest BCUT2D eigenvalue weighted by molar-refractivity contribution is 0.0944. The largest absolute Gasteiger partial charge is 0.395 e. The van der Waals surface area contributed by atoms with E-state index >= 15 is 0 Å². The molecule has 1 aromatic carbocycles. The monoisotopic (exact) mass is 550 g/mol. The Bertz CT molecular complexity index is 1470. The van der Waals surface area contributed by atoms with Crippen LogP contribution in [0.5, 0.6) is 0 Å². The summed E-state index contributed by atoms with van der Waals surface area (Å²) in [7, 11) is -3.25. The van der Waals surface area contributed by atoms with E-state index in [1.165, 1.54) is 0 Å². The van der Waals surface area contributed by atoms with Gasteiger partial charge < -0.3 is 15.7 Å². The summed E-state index contributed by atoms with van der Waals surface area (Å²) in [5, 5.41) is 28.5. The maximum absolute atomic E-state index is 12.7. The number of aromatic nitrogens is 4. The zero-order valence-corrected chi connectivity index (χ0v) is 22.1. The van der Waals surface area contributed by atoms with Crippen molar-refractivity contribution in [3.63, 3.8) is 0 Å². The molecule has 1 aliphatic heterocycles. The van der Waals surface area contributed by atoms with Gasteiger partial charge >= 0.3 is 0 Å². The molecule has 0 unspecified atom stereocenters. The molecule has 2 fully saturated rings. The fourth-order valence-corrected chi connectivity index (χ4v) is 6.61. The van der Waals surface area contributed by atoms with Gasteiger partial charge in [-0.05, 0) is 56.0 Å². The third kappa shape index (κ3) is 5.78. The van der Waals surface area contributed by atoms with Crippen LogP contribution in [0.25, 0.3) is 11.3 Å². The molecule has 3 aromatic rings. The number of nitriles is 1. The van der Waals surface area contributed by atoms with E-state index in [0.717, 1.165) is 18.4 Å². The summed E-state index contributed by atoms with van der Waals surface area (Å²) >= 11 is 0. The molecule has 5 rings (SSSR count). The van der Waals surface area contributed by atoms with Crippen LogP contribution < -0.4 is 10.6 Å². The first kappa shape index (κ1) is 26.7. The molecule has 2 aromatic heterocycles. The predicted molar refractivity (Wildman–Crippen MR) is 143 cm³/mol. The number of nitrogens with zero attached hydrogens (tertiary/aromatic N) is 6. The van der Waals surface area contributed by atoms with Crippen LogP contribution in [0.1, 0.15) is 42.5 Å². The fraction of sp³-hybridized carbons (Fsp3) is 0.423. The Morgan fingerprint density at radius 2 is 1.92 bits per heavy atom. The molecule has 12 nitrogen and oxygen atoms in total. The number of aliphatic hydroxyl groups is 1. The van der Waals surface area contributed by atoms with Crippen molar-refractivity contribution in [2.24, 2.45) is 0 Å². The third-order valence-electron chi connectivity index (χ3n) is 7.19. The number of amides is 1. The van der Waals surface area contributed by atoms with E-state index in [-0.39, 0.29) is 30.7 Å². The molecule has 1 saturated carbocycles. The summed E-state index contributed by atoms with van der Waals surface area (Å²) in [4.78, 5) is 20.9. The number of anilines is 2. The van der Waals surface area contributed by atoms with Gasteiger partial charge in [-0.3, -0.25) is 9.48 Å². The van der Waals surface area contributed by atoms with Crippen molar-refractivity contribution in [3.05, 3.63) is 54.5 Å². The minimum Gasteiger partial charge on any atom is -0.395 e. The molecular formula is C26H30N8O4S. The number of piperidine rings is 1. The van der Waals surface area contributed by atoms with E-state index in [9.17, 15) is 18.5 Å². The predicted octanol–water partition coefficient (Wildman–Crippen LogP) is 2.00. The van der Waals surface area contributed by atoms with Crippen LogP contribution in [-0.4, -0.2) is 75.0 Å². The van der Waals surface area contributed by atoms with Crippen LogP contribution in [0.4, 0.5) is 11.6 Å². The summed E-state index contributed by atoms with van der Waals surface area (Å²) in [6.45, 7) is 0.813. The Labute approximate surface area is 226 Å². The molecule has 0 spiro atoms. The van der Waals surface area contributed by atoms with Crippen molar-refractivity contribution in [1.29, 1.82) is 5.26 Å². The molecule has 3 heterocycles. The number of benzene rings is 1. The standard InChI is InChI=1S/C26H30N8O4S/c27-11-8-26(9-14-33(15-10-26)39(37,38)22-5-6-22)34-18-20(17-30-34)23-7-12-29-25(32-23)31-21-3-1-19(2-4-21)24(36)28-13-16-35/h1-4,7,12,17-18,22,35H,5-6,8-10,13-16H2,(H,28,36)(H,29,31,32). The van der Waals surface area contributed by atoms with Crippen molar-refractivity contribution in [2.45, 2.75) is 42.9 Å². The van der Waals surface area contributed by atoms with Gasteiger partial charge in [0.25, 0.3) is 5.91 Å². The van der Waals surface area contributed by atoms with Gasteiger partial charge in [-0.1, -0.05) is 0 Å². The van der Waals surface area contributed by atoms with Crippen LogP contribution in [-0.2, 0) is 15.6 Å². The van der Waals surface area contributed by atoms with E-state index < -0.39 is 15.6 Å². The highest BCUT2D eigenvalue weighted by molar-refractivity contribution is 7.90. The van der Waals surface area contributed by atoms with Crippen molar-refractivity contribution >= 4 is 27.6 Å². The summed E-state index contributed by atoms with van der Waals surface area (Å²) in [6, 6.07) is 10.8. The SMILES string of the molecule is N#CCC1(n2cc(-c3ccnc(Nc4ccc(C(=O)NCCO)cc4)n3)cn2)CCN(S(=O)(=O)C2CC2)CC1. The van der Waals surface area contributed by atoms with Gasteiger partial charge in [0.1, 0.15) is 0 Å². The first-order valence-electron chi connectivity index (χ1n) is 12.9. The summed E-state index contributed by atoms with van der Waals surface area (Å²) in [5.74, 6) is 0.0956. The second-order valence-corrected chi connectivity index (χ2v) is 12.0. The minimum atomic E-state index is -3.25. The number of carbonyl (C=O) groups excluding carboxylic acids is 1. The maximum Gasteiger partial charge on any atom is 0.251 e. The average Bonchev–Trinajstić information content (AvgIpc) is 3.70. The van der Waals surface area contributed by atoms with Crippen LogP contribution in [0.3, 0.4) is 0 Å². The zero-order chi connectivity index (χ0) is 27.5. The van der Waals surface area contributed by atoms with Crippen LogP contribution >= 0.6 is 0 Å². The molecule has 2 aliphatic rings. The third-order valence-corrected chi connectivity index (χ3v) is 9.59. The van der Waals surface area contributed by atoms with Gasteiger partial charge in [0.2, 0.25) is 16.0 Å². The molecule has 3 N–H and O–H groups in total. The number of hydrogen-bond donors (Lipinski definition) is 3. The minimum absolute atomic E-state index is 0.124. The van der Waals surface area contributed by atoms with Crippen molar-refractivity contribution in [2.75, 3.05) is 31.6 Å². The summed E-state index contributed by atoms with van der Waals surface area (Å²) in [5.41, 5.74) is 1.98. The molecule has 1 saturated heterocycles. The Kier molecular flexibility index (Phi) is 7.60. The number of rotatable bonds is 10.